The van der Waals surface area contributed by atoms with Crippen LogP contribution in [-0.2, 0) is 21.2 Å². The lowest BCUT2D eigenvalue weighted by molar-refractivity contribution is -0.116. The number of aryl methyl sites for hydroxylation is 2. The molecule has 2 aromatic carbocycles. The number of carbonyl (C=O) groups excluding carboxylic acids is 1. The van der Waals surface area contributed by atoms with Crippen molar-refractivity contribution < 1.29 is 17.9 Å². The summed E-state index contributed by atoms with van der Waals surface area (Å²) >= 11 is 0. The van der Waals surface area contributed by atoms with Crippen molar-refractivity contribution in [2.75, 3.05) is 28.9 Å². The number of anilines is 2. The number of ether oxygens (including phenoxy) is 1. The van der Waals surface area contributed by atoms with Crippen LogP contribution in [0.3, 0.4) is 0 Å². The van der Waals surface area contributed by atoms with Gasteiger partial charge in [-0.15, -0.1) is 0 Å². The first-order valence-electron chi connectivity index (χ1n) is 9.05. The first kappa shape index (κ1) is 17.9. The molecule has 0 N–H and O–H groups in total. The number of rotatable bonds is 2. The van der Waals surface area contributed by atoms with Crippen LogP contribution >= 0.6 is 0 Å². The van der Waals surface area contributed by atoms with E-state index >= 15 is 0 Å². The molecule has 0 aromatic heterocycles. The van der Waals surface area contributed by atoms with Gasteiger partial charge in [0.1, 0.15) is 12.4 Å². The summed E-state index contributed by atoms with van der Waals surface area (Å²) in [5.74, 6) is 0.556. The van der Waals surface area contributed by atoms with Crippen molar-refractivity contribution in [3.63, 3.8) is 0 Å². The zero-order valence-corrected chi connectivity index (χ0v) is 16.3. The molecule has 0 aliphatic carbocycles. The second kappa shape index (κ2) is 6.56. The highest BCUT2D eigenvalue weighted by Crippen LogP contribution is 2.37. The molecule has 0 bridgehead atoms. The summed E-state index contributed by atoms with van der Waals surface area (Å²) in [6.45, 7) is 4.72. The van der Waals surface area contributed by atoms with Crippen LogP contribution in [0.25, 0.3) is 0 Å². The van der Waals surface area contributed by atoms with Crippen molar-refractivity contribution in [3.05, 3.63) is 47.5 Å². The second-order valence-electron chi connectivity index (χ2n) is 6.96. The Morgan fingerprint density at radius 1 is 1.07 bits per heavy atom. The van der Waals surface area contributed by atoms with E-state index in [2.05, 4.69) is 0 Å². The van der Waals surface area contributed by atoms with Gasteiger partial charge in [0.25, 0.3) is 10.0 Å². The molecule has 142 valence electrons. The van der Waals surface area contributed by atoms with Gasteiger partial charge in [0.15, 0.2) is 0 Å². The second-order valence-corrected chi connectivity index (χ2v) is 8.82. The van der Waals surface area contributed by atoms with Gasteiger partial charge in [0.05, 0.1) is 17.1 Å². The Morgan fingerprint density at radius 2 is 1.89 bits per heavy atom. The fourth-order valence-electron chi connectivity index (χ4n) is 3.74. The molecule has 1 amide bonds. The molecular weight excluding hydrogens is 364 g/mol. The Hall–Kier alpha value is -2.54. The maximum Gasteiger partial charge on any atom is 0.264 e. The fourth-order valence-corrected chi connectivity index (χ4v) is 5.24. The minimum atomic E-state index is -3.71. The minimum absolute atomic E-state index is 0.0239. The third-order valence-electron chi connectivity index (χ3n) is 5.07. The Balaban J connectivity index is 1.76. The molecular formula is C20H22N2O4S. The van der Waals surface area contributed by atoms with Crippen molar-refractivity contribution >= 4 is 27.3 Å². The van der Waals surface area contributed by atoms with Crippen LogP contribution < -0.4 is 13.9 Å². The highest BCUT2D eigenvalue weighted by molar-refractivity contribution is 7.92. The molecule has 0 saturated carbocycles. The molecule has 0 radical (unpaired) electrons. The number of hydrogen-bond donors (Lipinski definition) is 0. The van der Waals surface area contributed by atoms with Gasteiger partial charge in [-0.2, -0.15) is 0 Å². The lowest BCUT2D eigenvalue weighted by Gasteiger charge is -2.32. The van der Waals surface area contributed by atoms with Crippen molar-refractivity contribution in [2.45, 2.75) is 31.6 Å². The number of benzene rings is 2. The average molecular weight is 386 g/mol. The number of amides is 1. The van der Waals surface area contributed by atoms with Crippen molar-refractivity contribution in [3.8, 4) is 5.75 Å². The number of sulfonamides is 1. The Labute approximate surface area is 159 Å². The van der Waals surface area contributed by atoms with Gasteiger partial charge >= 0.3 is 0 Å². The number of carbonyl (C=O) groups is 1. The largest absolute Gasteiger partial charge is 0.489 e. The van der Waals surface area contributed by atoms with E-state index in [0.29, 0.717) is 24.6 Å². The van der Waals surface area contributed by atoms with Gasteiger partial charge in [-0.05, 0) is 61.2 Å². The summed E-state index contributed by atoms with van der Waals surface area (Å²) in [5, 5.41) is 0. The van der Waals surface area contributed by atoms with E-state index in [-0.39, 0.29) is 17.3 Å². The molecule has 0 fully saturated rings. The van der Waals surface area contributed by atoms with Crippen LogP contribution in [0.2, 0.25) is 0 Å². The van der Waals surface area contributed by atoms with Crippen molar-refractivity contribution in [1.82, 2.24) is 0 Å². The number of nitrogens with zero attached hydrogens (tertiary/aromatic N) is 2. The molecule has 2 aliphatic heterocycles. The summed E-state index contributed by atoms with van der Waals surface area (Å²) in [7, 11) is -3.71. The predicted molar refractivity (Wildman–Crippen MR) is 104 cm³/mol. The molecule has 7 heteroatoms. The van der Waals surface area contributed by atoms with E-state index in [0.717, 1.165) is 29.7 Å². The molecule has 27 heavy (non-hydrogen) atoms. The van der Waals surface area contributed by atoms with Crippen molar-refractivity contribution in [2.24, 2.45) is 0 Å². The molecule has 0 saturated heterocycles. The monoisotopic (exact) mass is 386 g/mol. The van der Waals surface area contributed by atoms with Gasteiger partial charge in [0.2, 0.25) is 5.91 Å². The topological polar surface area (TPSA) is 66.9 Å². The van der Waals surface area contributed by atoms with Gasteiger partial charge in [-0.25, -0.2) is 8.42 Å². The van der Waals surface area contributed by atoms with Gasteiger partial charge < -0.3 is 9.64 Å². The van der Waals surface area contributed by atoms with Crippen LogP contribution in [0.4, 0.5) is 11.4 Å². The highest BCUT2D eigenvalue weighted by Gasteiger charge is 2.31. The summed E-state index contributed by atoms with van der Waals surface area (Å²) in [4.78, 5) is 13.8. The van der Waals surface area contributed by atoms with E-state index in [1.54, 1.807) is 23.1 Å². The van der Waals surface area contributed by atoms with Gasteiger partial charge in [-0.3, -0.25) is 9.10 Å². The Morgan fingerprint density at radius 3 is 2.67 bits per heavy atom. The average Bonchev–Trinajstić information content (AvgIpc) is 2.66. The summed E-state index contributed by atoms with van der Waals surface area (Å²) in [5.41, 5.74) is 3.26. The first-order valence-corrected chi connectivity index (χ1v) is 10.5. The Kier molecular flexibility index (Phi) is 4.34. The predicted octanol–water partition coefficient (Wildman–Crippen LogP) is 2.88. The SMILES string of the molecule is CC(=O)N1CCCc2cc(S(=O)(=O)N3CCOc4ccc(C)cc43)ccc21. The molecule has 0 spiro atoms. The van der Waals surface area contributed by atoms with Gasteiger partial charge in [0, 0.05) is 19.2 Å². The lowest BCUT2D eigenvalue weighted by atomic mass is 10.0. The molecule has 0 atom stereocenters. The molecule has 6 nitrogen and oxygen atoms in total. The molecule has 2 aliphatic rings. The third-order valence-corrected chi connectivity index (χ3v) is 6.88. The highest BCUT2D eigenvalue weighted by atomic mass is 32.2. The molecule has 2 heterocycles. The van der Waals surface area contributed by atoms with Gasteiger partial charge in [-0.1, -0.05) is 6.07 Å². The summed E-state index contributed by atoms with van der Waals surface area (Å²) in [6, 6.07) is 10.6. The smallest absolute Gasteiger partial charge is 0.264 e. The number of fused-ring (bicyclic) bond motifs is 2. The van der Waals surface area contributed by atoms with E-state index in [4.69, 9.17) is 4.74 Å². The molecule has 0 unspecified atom stereocenters. The van der Waals surface area contributed by atoms with E-state index < -0.39 is 10.0 Å². The fraction of sp³-hybridized carbons (Fsp3) is 0.350. The van der Waals surface area contributed by atoms with Crippen LogP contribution in [0.15, 0.2) is 41.3 Å². The standard InChI is InChI=1S/C20H22N2O4S/c1-14-5-8-20-19(12-14)22(10-11-26-20)27(24,25)17-6-7-18-16(13-17)4-3-9-21(18)15(2)23/h5-8,12-13H,3-4,9-11H2,1-2H3. The summed E-state index contributed by atoms with van der Waals surface area (Å²) < 4.78 is 33.7. The third kappa shape index (κ3) is 3.06. The van der Waals surface area contributed by atoms with Crippen LogP contribution in [0.5, 0.6) is 5.75 Å². The summed E-state index contributed by atoms with van der Waals surface area (Å²) in [6.07, 6.45) is 1.59. The maximum atomic E-state index is 13.4. The molecule has 2 aromatic rings. The molecule has 4 rings (SSSR count). The lowest BCUT2D eigenvalue weighted by Crippen LogP contribution is -2.38. The quantitative estimate of drug-likeness (QED) is 0.796. The minimum Gasteiger partial charge on any atom is -0.489 e. The van der Waals surface area contributed by atoms with E-state index in [1.807, 2.05) is 25.1 Å². The first-order chi connectivity index (χ1) is 12.9. The van der Waals surface area contributed by atoms with E-state index in [9.17, 15) is 13.2 Å². The normalized spacial score (nSPS) is 16.4. The van der Waals surface area contributed by atoms with Crippen LogP contribution in [0, 0.1) is 6.92 Å². The maximum absolute atomic E-state index is 13.4. The Bertz CT molecular complexity index is 1020. The van der Waals surface area contributed by atoms with Crippen LogP contribution in [-0.4, -0.2) is 34.0 Å². The van der Waals surface area contributed by atoms with Crippen LogP contribution in [0.1, 0.15) is 24.5 Å². The zero-order chi connectivity index (χ0) is 19.2. The van der Waals surface area contributed by atoms with E-state index in [1.165, 1.54) is 11.2 Å². The van der Waals surface area contributed by atoms with Crippen molar-refractivity contribution in [1.29, 1.82) is 0 Å². The zero-order valence-electron chi connectivity index (χ0n) is 15.4. The number of hydrogen-bond acceptors (Lipinski definition) is 4.